The molecule has 0 heterocycles. The first-order valence-corrected chi connectivity index (χ1v) is 5.21. The van der Waals surface area contributed by atoms with Crippen LogP contribution in [0.25, 0.3) is 0 Å². The number of ether oxygens (including phenoxy) is 1. The van der Waals surface area contributed by atoms with Crippen LogP contribution in [-0.4, -0.2) is 6.29 Å². The molecule has 0 atom stereocenters. The number of halogens is 1. The summed E-state index contributed by atoms with van der Waals surface area (Å²) in [6.07, 6.45) is 0.750. The summed E-state index contributed by atoms with van der Waals surface area (Å²) in [5.41, 5.74) is 1.36. The first-order valence-electron chi connectivity index (χ1n) is 5.21. The van der Waals surface area contributed by atoms with Crippen LogP contribution >= 0.6 is 0 Å². The molecule has 3 heteroatoms. The molecule has 0 aromatic heterocycles. The zero-order valence-electron chi connectivity index (χ0n) is 9.10. The molecule has 0 amide bonds. The Morgan fingerprint density at radius 1 is 1.06 bits per heavy atom. The number of rotatable bonds is 4. The lowest BCUT2D eigenvalue weighted by atomic mass is 10.2. The maximum Gasteiger partial charge on any atom is 0.153 e. The van der Waals surface area contributed by atoms with Gasteiger partial charge in [-0.15, -0.1) is 0 Å². The summed E-state index contributed by atoms with van der Waals surface area (Å²) in [5.74, 6) is 0.258. The summed E-state index contributed by atoms with van der Waals surface area (Å²) in [6, 6.07) is 13.0. The topological polar surface area (TPSA) is 26.3 Å². The minimum absolute atomic E-state index is 0.276. The van der Waals surface area contributed by atoms with E-state index in [1.54, 1.807) is 36.4 Å². The average Bonchev–Trinajstić information content (AvgIpc) is 2.38. The van der Waals surface area contributed by atoms with E-state index in [4.69, 9.17) is 4.74 Å². The third kappa shape index (κ3) is 2.91. The van der Waals surface area contributed by atoms with Crippen molar-refractivity contribution in [1.29, 1.82) is 0 Å². The smallest absolute Gasteiger partial charge is 0.153 e. The van der Waals surface area contributed by atoms with Gasteiger partial charge in [-0.3, -0.25) is 4.79 Å². The van der Waals surface area contributed by atoms with Gasteiger partial charge in [0.15, 0.2) is 6.29 Å². The van der Waals surface area contributed by atoms with Crippen LogP contribution in [0, 0.1) is 5.82 Å². The molecular weight excluding hydrogens is 219 g/mol. The molecule has 17 heavy (non-hydrogen) atoms. The minimum Gasteiger partial charge on any atom is -0.488 e. The fourth-order valence-corrected chi connectivity index (χ4v) is 1.45. The van der Waals surface area contributed by atoms with Crippen LogP contribution in [-0.2, 0) is 6.61 Å². The van der Waals surface area contributed by atoms with Gasteiger partial charge in [-0.25, -0.2) is 4.39 Å². The molecule has 0 bridgehead atoms. The van der Waals surface area contributed by atoms with Crippen molar-refractivity contribution in [2.45, 2.75) is 6.61 Å². The van der Waals surface area contributed by atoms with E-state index in [2.05, 4.69) is 0 Å². The van der Waals surface area contributed by atoms with Crippen molar-refractivity contribution in [2.75, 3.05) is 0 Å². The fourth-order valence-electron chi connectivity index (χ4n) is 1.45. The van der Waals surface area contributed by atoms with Gasteiger partial charge in [0.05, 0.1) is 5.56 Å². The fraction of sp³-hybridized carbons (Fsp3) is 0.0714. The van der Waals surface area contributed by atoms with Gasteiger partial charge in [0.1, 0.15) is 18.2 Å². The first kappa shape index (κ1) is 11.3. The molecule has 0 aliphatic carbocycles. The second-order valence-corrected chi connectivity index (χ2v) is 3.57. The van der Waals surface area contributed by atoms with E-state index in [0.29, 0.717) is 17.9 Å². The Labute approximate surface area is 98.7 Å². The monoisotopic (exact) mass is 230 g/mol. The molecule has 0 aliphatic heterocycles. The molecule has 0 saturated carbocycles. The standard InChI is InChI=1S/C14H11FO2/c15-13-7-5-11(6-8-13)10-17-14-4-2-1-3-12(14)9-16/h1-9H,10H2. The van der Waals surface area contributed by atoms with Crippen molar-refractivity contribution in [3.05, 3.63) is 65.5 Å². The van der Waals surface area contributed by atoms with Crippen molar-refractivity contribution < 1.29 is 13.9 Å². The molecule has 2 aromatic rings. The van der Waals surface area contributed by atoms with E-state index < -0.39 is 0 Å². The summed E-state index contributed by atoms with van der Waals surface area (Å²) in [7, 11) is 0. The summed E-state index contributed by atoms with van der Waals surface area (Å²) in [4.78, 5) is 10.8. The van der Waals surface area contributed by atoms with Gasteiger partial charge < -0.3 is 4.74 Å². The molecule has 0 saturated heterocycles. The van der Waals surface area contributed by atoms with Crippen molar-refractivity contribution in [3.63, 3.8) is 0 Å². The number of carbonyl (C=O) groups excluding carboxylic acids is 1. The molecule has 0 aliphatic rings. The van der Waals surface area contributed by atoms with Crippen LogP contribution in [0.1, 0.15) is 15.9 Å². The Bertz CT molecular complexity index is 506. The van der Waals surface area contributed by atoms with Crippen LogP contribution in [0.4, 0.5) is 4.39 Å². The average molecular weight is 230 g/mol. The van der Waals surface area contributed by atoms with Crippen molar-refractivity contribution in [3.8, 4) is 5.75 Å². The summed E-state index contributed by atoms with van der Waals surface area (Å²) in [6.45, 7) is 0.311. The molecular formula is C14H11FO2. The van der Waals surface area contributed by atoms with Gasteiger partial charge >= 0.3 is 0 Å². The molecule has 0 N–H and O–H groups in total. The summed E-state index contributed by atoms with van der Waals surface area (Å²) < 4.78 is 18.2. The predicted octanol–water partition coefficient (Wildman–Crippen LogP) is 3.22. The zero-order chi connectivity index (χ0) is 12.1. The maximum atomic E-state index is 12.7. The first-order chi connectivity index (χ1) is 8.29. The number of hydrogen-bond donors (Lipinski definition) is 0. The lowest BCUT2D eigenvalue weighted by molar-refractivity contribution is 0.111. The van der Waals surface area contributed by atoms with E-state index in [-0.39, 0.29) is 5.82 Å². The zero-order valence-corrected chi connectivity index (χ0v) is 9.10. The Hall–Kier alpha value is -2.16. The SMILES string of the molecule is O=Cc1ccccc1OCc1ccc(F)cc1. The number of benzene rings is 2. The normalized spacial score (nSPS) is 9.94. The number of hydrogen-bond acceptors (Lipinski definition) is 2. The summed E-state index contributed by atoms with van der Waals surface area (Å²) in [5, 5.41) is 0. The highest BCUT2D eigenvalue weighted by Gasteiger charge is 2.01. The Balaban J connectivity index is 2.07. The molecule has 2 aromatic carbocycles. The number of carbonyl (C=O) groups is 1. The van der Waals surface area contributed by atoms with E-state index in [1.807, 2.05) is 0 Å². The van der Waals surface area contributed by atoms with Crippen LogP contribution in [0.5, 0.6) is 5.75 Å². The van der Waals surface area contributed by atoms with Crippen LogP contribution in [0.3, 0.4) is 0 Å². The maximum absolute atomic E-state index is 12.7. The van der Waals surface area contributed by atoms with Crippen molar-refractivity contribution in [1.82, 2.24) is 0 Å². The van der Waals surface area contributed by atoms with E-state index in [0.717, 1.165) is 11.8 Å². The van der Waals surface area contributed by atoms with E-state index >= 15 is 0 Å². The number of aldehydes is 1. The van der Waals surface area contributed by atoms with E-state index in [1.165, 1.54) is 12.1 Å². The third-order valence-corrected chi connectivity index (χ3v) is 2.35. The van der Waals surface area contributed by atoms with Gasteiger partial charge in [-0.1, -0.05) is 24.3 Å². The van der Waals surface area contributed by atoms with Crippen LogP contribution in [0.15, 0.2) is 48.5 Å². The lowest BCUT2D eigenvalue weighted by Crippen LogP contribution is -1.98. The largest absolute Gasteiger partial charge is 0.488 e. The van der Waals surface area contributed by atoms with E-state index in [9.17, 15) is 9.18 Å². The molecule has 0 unspecified atom stereocenters. The molecule has 2 nitrogen and oxygen atoms in total. The highest BCUT2D eigenvalue weighted by Crippen LogP contribution is 2.17. The molecule has 0 spiro atoms. The third-order valence-electron chi connectivity index (χ3n) is 2.35. The molecule has 0 fully saturated rings. The molecule has 2 rings (SSSR count). The van der Waals surface area contributed by atoms with Gasteiger partial charge in [0.25, 0.3) is 0 Å². The Morgan fingerprint density at radius 2 is 1.76 bits per heavy atom. The second-order valence-electron chi connectivity index (χ2n) is 3.57. The van der Waals surface area contributed by atoms with Gasteiger partial charge in [-0.05, 0) is 29.8 Å². The summed E-state index contributed by atoms with van der Waals surface area (Å²) >= 11 is 0. The lowest BCUT2D eigenvalue weighted by Gasteiger charge is -2.07. The molecule has 0 radical (unpaired) electrons. The second kappa shape index (κ2) is 5.25. The highest BCUT2D eigenvalue weighted by atomic mass is 19.1. The highest BCUT2D eigenvalue weighted by molar-refractivity contribution is 5.79. The quantitative estimate of drug-likeness (QED) is 0.754. The Morgan fingerprint density at radius 3 is 2.47 bits per heavy atom. The Kier molecular flexibility index (Phi) is 3.50. The van der Waals surface area contributed by atoms with Gasteiger partial charge in [-0.2, -0.15) is 0 Å². The van der Waals surface area contributed by atoms with Crippen molar-refractivity contribution in [2.24, 2.45) is 0 Å². The van der Waals surface area contributed by atoms with Crippen molar-refractivity contribution >= 4 is 6.29 Å². The molecule has 86 valence electrons. The predicted molar refractivity (Wildman–Crippen MR) is 62.6 cm³/mol. The van der Waals surface area contributed by atoms with Gasteiger partial charge in [0, 0.05) is 0 Å². The van der Waals surface area contributed by atoms with Crippen LogP contribution in [0.2, 0.25) is 0 Å². The minimum atomic E-state index is -0.276. The number of para-hydroxylation sites is 1. The van der Waals surface area contributed by atoms with Gasteiger partial charge in [0.2, 0.25) is 0 Å². The van der Waals surface area contributed by atoms with Crippen LogP contribution < -0.4 is 4.74 Å².